The molecule has 1 aromatic heterocycles. The number of halogens is 1. The van der Waals surface area contributed by atoms with Crippen molar-refractivity contribution in [2.24, 2.45) is 5.92 Å². The van der Waals surface area contributed by atoms with Crippen LogP contribution in [-0.2, 0) is 0 Å². The number of nitrogens with zero attached hydrogens (tertiary/aromatic N) is 2. The number of carbonyl (C=O) groups is 2. The molecule has 7 nitrogen and oxygen atoms in total. The number of amides is 1. The molecule has 1 fully saturated rings. The minimum absolute atomic E-state index is 0.0356. The summed E-state index contributed by atoms with van der Waals surface area (Å²) in [6.45, 7) is 3.29. The highest BCUT2D eigenvalue weighted by Crippen LogP contribution is 2.36. The third kappa shape index (κ3) is 5.66. The highest BCUT2D eigenvalue weighted by atomic mass is 35.5. The van der Waals surface area contributed by atoms with Gasteiger partial charge in [-0.1, -0.05) is 23.7 Å². The van der Waals surface area contributed by atoms with E-state index in [2.05, 4.69) is 15.2 Å². The number of hydrogen-bond donors (Lipinski definition) is 1. The molecule has 5 rings (SSSR count). The number of rotatable bonds is 7. The van der Waals surface area contributed by atoms with Crippen LogP contribution in [-0.4, -0.2) is 54.4 Å². The number of likely N-dealkylation sites (tertiary alicyclic amines) is 1. The van der Waals surface area contributed by atoms with Crippen LogP contribution in [0.2, 0.25) is 5.02 Å². The van der Waals surface area contributed by atoms with E-state index in [1.807, 2.05) is 24.3 Å². The second-order valence-corrected chi connectivity index (χ2v) is 10.0. The molecule has 0 spiro atoms. The molecule has 0 radical (unpaired) electrons. The molecule has 1 N–H and O–H groups in total. The zero-order chi connectivity index (χ0) is 24.2. The van der Waals surface area contributed by atoms with Crippen molar-refractivity contribution in [1.82, 2.24) is 15.2 Å². The lowest BCUT2D eigenvalue weighted by Gasteiger charge is -2.31. The molecule has 0 saturated carbocycles. The van der Waals surface area contributed by atoms with Crippen LogP contribution in [0.3, 0.4) is 0 Å². The summed E-state index contributed by atoms with van der Waals surface area (Å²) in [6.07, 6.45) is 1.31. The molecule has 182 valence electrons. The molecule has 1 saturated heterocycles. The average molecular weight is 512 g/mol. The number of fused-ring (bicyclic) bond motifs is 1. The van der Waals surface area contributed by atoms with Gasteiger partial charge in [0.05, 0.1) is 0 Å². The SMILES string of the molecule is O=C(NCCN1CCC(C(=O)c2ccc(Cl)cc2)CC1)c1csc(C2COc3ccccc3O2)n1. The minimum Gasteiger partial charge on any atom is -0.485 e. The number of nitrogens with one attached hydrogen (secondary N) is 1. The number of hydrogen-bond acceptors (Lipinski definition) is 7. The Morgan fingerprint density at radius 3 is 2.60 bits per heavy atom. The summed E-state index contributed by atoms with van der Waals surface area (Å²) < 4.78 is 11.7. The molecule has 35 heavy (non-hydrogen) atoms. The summed E-state index contributed by atoms with van der Waals surface area (Å²) in [5.41, 5.74) is 1.11. The van der Waals surface area contributed by atoms with E-state index in [1.54, 1.807) is 29.6 Å². The van der Waals surface area contributed by atoms with Gasteiger partial charge in [0.15, 0.2) is 23.4 Å². The Hall–Kier alpha value is -2.94. The number of ether oxygens (including phenoxy) is 2. The lowest BCUT2D eigenvalue weighted by atomic mass is 9.89. The number of para-hydroxylation sites is 2. The largest absolute Gasteiger partial charge is 0.485 e. The summed E-state index contributed by atoms with van der Waals surface area (Å²) in [5, 5.41) is 6.06. The second kappa shape index (κ2) is 10.8. The van der Waals surface area contributed by atoms with Crippen LogP contribution in [0.1, 0.15) is 44.8 Å². The Bertz CT molecular complexity index is 1190. The smallest absolute Gasteiger partial charge is 0.270 e. The predicted molar refractivity (Wildman–Crippen MR) is 135 cm³/mol. The standard InChI is InChI=1S/C26H26ClN3O4S/c27-19-7-5-17(6-8-19)24(31)18-9-12-30(13-10-18)14-11-28-25(32)20-16-35-26(29-20)23-15-33-21-3-1-2-4-22(21)34-23/h1-8,16,18,23H,9-15H2,(H,28,32). The molecule has 1 unspecified atom stereocenters. The van der Waals surface area contributed by atoms with Gasteiger partial charge in [-0.05, 0) is 62.3 Å². The number of ketones is 1. The number of carbonyl (C=O) groups excluding carboxylic acids is 2. The molecule has 2 aliphatic heterocycles. The zero-order valence-electron chi connectivity index (χ0n) is 19.1. The van der Waals surface area contributed by atoms with E-state index in [0.29, 0.717) is 29.6 Å². The first-order valence-corrected chi connectivity index (χ1v) is 13.0. The summed E-state index contributed by atoms with van der Waals surface area (Å²) in [5.74, 6) is 1.43. The molecule has 3 heterocycles. The maximum Gasteiger partial charge on any atom is 0.270 e. The number of piperidine rings is 1. The van der Waals surface area contributed by atoms with Crippen LogP contribution < -0.4 is 14.8 Å². The van der Waals surface area contributed by atoms with Crippen molar-refractivity contribution in [3.05, 3.63) is 75.2 Å². The minimum atomic E-state index is -0.326. The molecule has 3 aromatic rings. The van der Waals surface area contributed by atoms with Gasteiger partial charge in [-0.2, -0.15) is 0 Å². The van der Waals surface area contributed by atoms with E-state index >= 15 is 0 Å². The van der Waals surface area contributed by atoms with Gasteiger partial charge in [-0.15, -0.1) is 11.3 Å². The van der Waals surface area contributed by atoms with E-state index in [4.69, 9.17) is 21.1 Å². The molecule has 1 amide bonds. The van der Waals surface area contributed by atoms with Gasteiger partial charge in [0, 0.05) is 35.0 Å². The Morgan fingerprint density at radius 2 is 1.83 bits per heavy atom. The Morgan fingerprint density at radius 1 is 1.09 bits per heavy atom. The first kappa shape index (κ1) is 23.8. The van der Waals surface area contributed by atoms with Crippen molar-refractivity contribution in [3.8, 4) is 11.5 Å². The van der Waals surface area contributed by atoms with E-state index in [9.17, 15) is 9.59 Å². The summed E-state index contributed by atoms with van der Waals surface area (Å²) >= 11 is 7.32. The van der Waals surface area contributed by atoms with Crippen molar-refractivity contribution in [1.29, 1.82) is 0 Å². The molecular formula is C26H26ClN3O4S. The molecule has 1 atom stereocenters. The average Bonchev–Trinajstić information content (AvgIpc) is 3.39. The Labute approximate surface area is 213 Å². The molecule has 9 heteroatoms. The molecular weight excluding hydrogens is 486 g/mol. The Balaban J connectivity index is 1.05. The van der Waals surface area contributed by atoms with Gasteiger partial charge in [-0.25, -0.2) is 4.98 Å². The van der Waals surface area contributed by atoms with Gasteiger partial charge >= 0.3 is 0 Å². The molecule has 2 aromatic carbocycles. The summed E-state index contributed by atoms with van der Waals surface area (Å²) in [6, 6.07) is 14.6. The van der Waals surface area contributed by atoms with E-state index in [1.165, 1.54) is 11.3 Å². The quantitative estimate of drug-likeness (QED) is 0.466. The van der Waals surface area contributed by atoms with Crippen molar-refractivity contribution in [3.63, 3.8) is 0 Å². The summed E-state index contributed by atoms with van der Waals surface area (Å²) in [4.78, 5) is 32.1. The number of thiazole rings is 1. The normalized spacial score (nSPS) is 18.3. The third-order valence-corrected chi connectivity index (χ3v) is 7.53. The first-order valence-electron chi connectivity index (χ1n) is 11.7. The van der Waals surface area contributed by atoms with E-state index < -0.39 is 0 Å². The number of aromatic nitrogens is 1. The van der Waals surface area contributed by atoms with Crippen molar-refractivity contribution >= 4 is 34.6 Å². The monoisotopic (exact) mass is 511 g/mol. The van der Waals surface area contributed by atoms with Crippen molar-refractivity contribution < 1.29 is 19.1 Å². The van der Waals surface area contributed by atoms with E-state index in [0.717, 1.165) is 48.8 Å². The van der Waals surface area contributed by atoms with Gasteiger partial charge in [0.1, 0.15) is 17.3 Å². The van der Waals surface area contributed by atoms with Crippen LogP contribution in [0, 0.1) is 5.92 Å². The maximum absolute atomic E-state index is 12.7. The van der Waals surface area contributed by atoms with Gasteiger partial charge < -0.3 is 19.7 Å². The third-order valence-electron chi connectivity index (χ3n) is 6.34. The van der Waals surface area contributed by atoms with Crippen LogP contribution >= 0.6 is 22.9 Å². The molecule has 0 aliphatic carbocycles. The molecule has 0 bridgehead atoms. The van der Waals surface area contributed by atoms with E-state index in [-0.39, 0.29) is 23.7 Å². The first-order chi connectivity index (χ1) is 17.1. The van der Waals surface area contributed by atoms with Gasteiger partial charge in [0.2, 0.25) is 0 Å². The van der Waals surface area contributed by atoms with Gasteiger partial charge in [0.25, 0.3) is 5.91 Å². The Kier molecular flexibility index (Phi) is 7.32. The fraction of sp³-hybridized carbons (Fsp3) is 0.346. The lowest BCUT2D eigenvalue weighted by Crippen LogP contribution is -2.41. The predicted octanol–water partition coefficient (Wildman–Crippen LogP) is 4.63. The van der Waals surface area contributed by atoms with Crippen LogP contribution in [0.15, 0.2) is 53.9 Å². The number of benzene rings is 2. The summed E-state index contributed by atoms with van der Waals surface area (Å²) in [7, 11) is 0. The van der Waals surface area contributed by atoms with Crippen molar-refractivity contribution in [2.75, 3.05) is 32.8 Å². The fourth-order valence-electron chi connectivity index (χ4n) is 4.37. The van der Waals surface area contributed by atoms with Gasteiger partial charge in [-0.3, -0.25) is 9.59 Å². The highest BCUT2D eigenvalue weighted by molar-refractivity contribution is 7.09. The highest BCUT2D eigenvalue weighted by Gasteiger charge is 2.27. The van der Waals surface area contributed by atoms with Crippen LogP contribution in [0.5, 0.6) is 11.5 Å². The van der Waals surface area contributed by atoms with Crippen LogP contribution in [0.4, 0.5) is 0 Å². The fourth-order valence-corrected chi connectivity index (χ4v) is 5.30. The second-order valence-electron chi connectivity index (χ2n) is 8.68. The zero-order valence-corrected chi connectivity index (χ0v) is 20.7. The van der Waals surface area contributed by atoms with Crippen LogP contribution in [0.25, 0.3) is 0 Å². The van der Waals surface area contributed by atoms with Crippen molar-refractivity contribution in [2.45, 2.75) is 18.9 Å². The maximum atomic E-state index is 12.7. The number of Topliss-reactive ketones (excluding diaryl/α,β-unsaturated/α-hetero) is 1. The topological polar surface area (TPSA) is 80.8 Å². The molecule has 2 aliphatic rings. The lowest BCUT2D eigenvalue weighted by molar-refractivity contribution is 0.0838.